The van der Waals surface area contributed by atoms with Crippen molar-refractivity contribution < 1.29 is 42.4 Å². The number of amides is 1. The molecule has 0 bridgehead atoms. The number of rotatable bonds is 7. The van der Waals surface area contributed by atoms with Gasteiger partial charge in [0.05, 0.1) is 32.4 Å². The van der Waals surface area contributed by atoms with Crippen molar-refractivity contribution in [1.29, 1.82) is 0 Å². The number of carbonyl (C=O) groups is 1. The van der Waals surface area contributed by atoms with Crippen LogP contribution in [-0.2, 0) is 30.1 Å². The zero-order valence-electron chi connectivity index (χ0n) is 22.1. The summed E-state index contributed by atoms with van der Waals surface area (Å²) in [4.78, 5) is 33.6. The van der Waals surface area contributed by atoms with E-state index in [2.05, 4.69) is 4.52 Å². The number of methoxy groups -OCH3 is 1. The van der Waals surface area contributed by atoms with Crippen molar-refractivity contribution >= 4 is 31.4 Å². The van der Waals surface area contributed by atoms with E-state index >= 15 is 0 Å². The van der Waals surface area contributed by atoms with E-state index in [1.54, 1.807) is 52.9 Å². The topological polar surface area (TPSA) is 124 Å². The molecule has 0 saturated carbocycles. The Morgan fingerprint density at radius 2 is 1.95 bits per heavy atom. The van der Waals surface area contributed by atoms with Crippen LogP contribution >= 0.6 is 19.4 Å². The van der Waals surface area contributed by atoms with E-state index < -0.39 is 7.82 Å². The van der Waals surface area contributed by atoms with Gasteiger partial charge in [-0.3, -0.25) is 4.79 Å². The van der Waals surface area contributed by atoms with Crippen LogP contribution in [0, 0.1) is 6.92 Å². The molecule has 2 aromatic carbocycles. The third-order valence-corrected chi connectivity index (χ3v) is 7.70. The quantitative estimate of drug-likeness (QED) is 0.243. The van der Waals surface area contributed by atoms with Gasteiger partial charge in [0.15, 0.2) is 17.2 Å². The lowest BCUT2D eigenvalue weighted by Crippen LogP contribution is -2.59. The zero-order chi connectivity index (χ0) is 28.6. The van der Waals surface area contributed by atoms with E-state index in [4.69, 9.17) is 35.6 Å². The fourth-order valence-electron chi connectivity index (χ4n) is 4.94. The number of phosphoric ester groups is 1. The van der Waals surface area contributed by atoms with E-state index in [-0.39, 0.29) is 36.6 Å². The number of hydrogen-bond donors (Lipinski definition) is 2. The molecule has 0 unspecified atom stereocenters. The smallest absolute Gasteiger partial charge is 0.472 e. The van der Waals surface area contributed by atoms with Crippen LogP contribution in [0.25, 0.3) is 11.8 Å². The van der Waals surface area contributed by atoms with Crippen LogP contribution in [0.4, 0.5) is 0 Å². The predicted octanol–water partition coefficient (Wildman–Crippen LogP) is 3.53. The molecule has 3 heterocycles. The molecule has 40 heavy (non-hydrogen) atoms. The maximum Gasteiger partial charge on any atom is 0.472 e. The minimum atomic E-state index is -4.61. The lowest BCUT2D eigenvalue weighted by molar-refractivity contribution is -0.596. The molecule has 1 amide bonds. The van der Waals surface area contributed by atoms with Gasteiger partial charge in [-0.15, -0.1) is 0 Å². The maximum atomic E-state index is 13.7. The van der Waals surface area contributed by atoms with Gasteiger partial charge in [0, 0.05) is 11.9 Å². The summed E-state index contributed by atoms with van der Waals surface area (Å²) < 4.78 is 36.6. The third-order valence-electron chi connectivity index (χ3n) is 7.00. The van der Waals surface area contributed by atoms with Crippen molar-refractivity contribution in [2.24, 2.45) is 0 Å². The van der Waals surface area contributed by atoms with Crippen molar-refractivity contribution in [1.82, 2.24) is 9.47 Å². The molecule has 2 N–H and O–H groups in total. The first-order chi connectivity index (χ1) is 19.0. The SMILES string of the molecule is COc1cc(/C=C2\O[C@@H](C)[C@H]3COC[C@@H](c4ccc(Cl)cc4)N3C2=O)ccc1-[n+]1cc(C)n(COP(=O)(O)O)c1. The number of hydrogen-bond acceptors (Lipinski definition) is 6. The summed E-state index contributed by atoms with van der Waals surface area (Å²) >= 11 is 6.08. The summed E-state index contributed by atoms with van der Waals surface area (Å²) in [5.41, 5.74) is 3.04. The first kappa shape index (κ1) is 28.4. The standard InChI is InChI=1S/C27H29ClN3O8P/c1-17-12-29(15-30(17)16-38-40(33,34)35)22-9-4-19(10-25(22)36-3)11-26-27(32)31-23(18(2)39-26)13-37-14-24(31)20-5-7-21(28)8-6-20/h4-12,15,18,23-24H,13-14,16H2,1-3H3,(H-,33,34,35)/p+1/b26-11-/t18-,23+,24-/m0/s1. The number of phosphoric acid groups is 1. The number of aromatic nitrogens is 2. The van der Waals surface area contributed by atoms with Gasteiger partial charge in [0.25, 0.3) is 12.2 Å². The summed E-state index contributed by atoms with van der Waals surface area (Å²) in [6, 6.07) is 12.4. The largest absolute Gasteiger partial charge is 0.492 e. The van der Waals surface area contributed by atoms with E-state index in [1.807, 2.05) is 36.1 Å². The van der Waals surface area contributed by atoms with Crippen LogP contribution < -0.4 is 9.30 Å². The molecule has 1 aromatic heterocycles. The second-order valence-corrected chi connectivity index (χ2v) is 11.3. The van der Waals surface area contributed by atoms with Crippen molar-refractivity contribution in [3.8, 4) is 11.4 Å². The monoisotopic (exact) mass is 590 g/mol. The van der Waals surface area contributed by atoms with E-state index in [1.165, 1.54) is 7.11 Å². The number of benzene rings is 2. The number of morpholine rings is 2. The highest BCUT2D eigenvalue weighted by Crippen LogP contribution is 2.37. The maximum absolute atomic E-state index is 13.7. The molecule has 2 fully saturated rings. The number of imidazole rings is 1. The van der Waals surface area contributed by atoms with Gasteiger partial charge < -0.3 is 28.9 Å². The second-order valence-electron chi connectivity index (χ2n) is 9.66. The zero-order valence-corrected chi connectivity index (χ0v) is 23.8. The Kier molecular flexibility index (Phi) is 8.05. The van der Waals surface area contributed by atoms with Crippen LogP contribution in [0.3, 0.4) is 0 Å². The summed E-state index contributed by atoms with van der Waals surface area (Å²) in [6.45, 7) is 4.17. The van der Waals surface area contributed by atoms with Gasteiger partial charge in [-0.2, -0.15) is 4.57 Å². The molecule has 2 aliphatic heterocycles. The molecule has 13 heteroatoms. The number of aryl methyl sites for hydroxylation is 1. The molecular formula is C27H30ClN3O8P+. The lowest BCUT2D eigenvalue weighted by atomic mass is 9.97. The molecule has 2 saturated heterocycles. The molecule has 3 aromatic rings. The fourth-order valence-corrected chi connectivity index (χ4v) is 5.34. The first-order valence-electron chi connectivity index (χ1n) is 12.5. The van der Waals surface area contributed by atoms with Gasteiger partial charge in [-0.1, -0.05) is 29.8 Å². The number of halogens is 1. The Bertz CT molecular complexity index is 1490. The Morgan fingerprint density at radius 1 is 1.20 bits per heavy atom. The molecule has 3 atom stereocenters. The summed E-state index contributed by atoms with van der Waals surface area (Å²) in [5.74, 6) is 0.525. The van der Waals surface area contributed by atoms with Crippen LogP contribution in [0.15, 0.2) is 60.7 Å². The highest BCUT2D eigenvalue weighted by molar-refractivity contribution is 7.46. The third kappa shape index (κ3) is 5.95. The molecule has 2 aliphatic rings. The number of carbonyl (C=O) groups excluding carboxylic acids is 1. The number of fused-ring (bicyclic) bond motifs is 1. The lowest BCUT2D eigenvalue weighted by Gasteiger charge is -2.47. The Hall–Kier alpha value is -3.18. The number of ether oxygens (including phenoxy) is 3. The van der Waals surface area contributed by atoms with Crippen molar-refractivity contribution in [3.05, 3.63) is 82.6 Å². The van der Waals surface area contributed by atoms with Gasteiger partial charge >= 0.3 is 7.82 Å². The predicted molar refractivity (Wildman–Crippen MR) is 145 cm³/mol. The van der Waals surface area contributed by atoms with Crippen LogP contribution in [0.1, 0.15) is 29.8 Å². The van der Waals surface area contributed by atoms with Gasteiger partial charge in [0.1, 0.15) is 18.0 Å². The summed E-state index contributed by atoms with van der Waals surface area (Å²) in [7, 11) is -3.07. The van der Waals surface area contributed by atoms with Crippen molar-refractivity contribution in [3.63, 3.8) is 0 Å². The highest BCUT2D eigenvalue weighted by atomic mass is 35.5. The minimum absolute atomic E-state index is 0.221. The second kappa shape index (κ2) is 11.4. The number of nitrogens with zero attached hydrogens (tertiary/aromatic N) is 3. The molecule has 5 rings (SSSR count). The highest BCUT2D eigenvalue weighted by Gasteiger charge is 2.45. The van der Waals surface area contributed by atoms with Gasteiger partial charge in [-0.05, 0) is 48.4 Å². The van der Waals surface area contributed by atoms with E-state index in [9.17, 15) is 9.36 Å². The normalized spacial score (nSPS) is 22.2. The van der Waals surface area contributed by atoms with Crippen LogP contribution in [0.2, 0.25) is 5.02 Å². The Labute approximate surface area is 236 Å². The average Bonchev–Trinajstić information content (AvgIpc) is 3.30. The van der Waals surface area contributed by atoms with Gasteiger partial charge in [-0.25, -0.2) is 13.7 Å². The van der Waals surface area contributed by atoms with Crippen LogP contribution in [-0.4, -0.2) is 57.6 Å². The van der Waals surface area contributed by atoms with Crippen molar-refractivity contribution in [2.45, 2.75) is 38.8 Å². The van der Waals surface area contributed by atoms with E-state index in [0.29, 0.717) is 40.9 Å². The average molecular weight is 591 g/mol. The first-order valence-corrected chi connectivity index (χ1v) is 14.5. The van der Waals surface area contributed by atoms with E-state index in [0.717, 1.165) is 5.56 Å². The Balaban J connectivity index is 1.42. The molecule has 212 valence electrons. The Morgan fingerprint density at radius 3 is 2.65 bits per heavy atom. The summed E-state index contributed by atoms with van der Waals surface area (Å²) in [6.07, 6.45) is 4.84. The molecule has 11 nitrogen and oxygen atoms in total. The molecule has 0 aliphatic carbocycles. The van der Waals surface area contributed by atoms with Crippen molar-refractivity contribution in [2.75, 3.05) is 20.3 Å². The molecular weight excluding hydrogens is 561 g/mol. The molecule has 0 spiro atoms. The summed E-state index contributed by atoms with van der Waals surface area (Å²) in [5, 5.41) is 0.621. The van der Waals surface area contributed by atoms with Gasteiger partial charge in [0.2, 0.25) is 6.73 Å². The minimum Gasteiger partial charge on any atom is -0.492 e. The van der Waals surface area contributed by atoms with Crippen LogP contribution in [0.5, 0.6) is 5.75 Å². The molecule has 0 radical (unpaired) electrons. The fraction of sp³-hybridized carbons (Fsp3) is 0.333.